The maximum atomic E-state index is 12.7. The molecule has 24 heavy (non-hydrogen) atoms. The molecule has 8 heteroatoms. The molecule has 0 amide bonds. The first kappa shape index (κ1) is 19.2. The van der Waals surface area contributed by atoms with Gasteiger partial charge in [0.15, 0.2) is 0 Å². The number of hydrogen-bond acceptors (Lipinski definition) is 5. The zero-order chi connectivity index (χ0) is 16.4. The summed E-state index contributed by atoms with van der Waals surface area (Å²) in [5.41, 5.74) is 0.979. The molecule has 0 aliphatic carbocycles. The Morgan fingerprint density at radius 1 is 1.29 bits per heavy atom. The maximum absolute atomic E-state index is 12.7. The highest BCUT2D eigenvalue weighted by Crippen LogP contribution is 2.23. The Morgan fingerprint density at radius 3 is 2.79 bits per heavy atom. The molecular formula is C16H23ClN2O4S. The van der Waals surface area contributed by atoms with E-state index in [9.17, 15) is 13.2 Å². The van der Waals surface area contributed by atoms with E-state index in [1.807, 2.05) is 0 Å². The molecule has 2 aliphatic heterocycles. The Morgan fingerprint density at radius 2 is 2.04 bits per heavy atom. The SMILES string of the molecule is COC(=O)c1cccc(CS(=O)(=O)N2CCC3CCC(C2)N3)c1.Cl. The highest BCUT2D eigenvalue weighted by Gasteiger charge is 2.34. The molecular weight excluding hydrogens is 352 g/mol. The molecule has 2 atom stereocenters. The lowest BCUT2D eigenvalue weighted by Gasteiger charge is -2.23. The van der Waals surface area contributed by atoms with Gasteiger partial charge in [-0.3, -0.25) is 0 Å². The lowest BCUT2D eigenvalue weighted by molar-refractivity contribution is 0.0600. The predicted octanol–water partition coefficient (Wildman–Crippen LogP) is 1.55. The third kappa shape index (κ3) is 4.27. The molecule has 2 bridgehead atoms. The highest BCUT2D eigenvalue weighted by atomic mass is 35.5. The summed E-state index contributed by atoms with van der Waals surface area (Å²) < 4.78 is 31.7. The van der Waals surface area contributed by atoms with Gasteiger partial charge < -0.3 is 10.1 Å². The van der Waals surface area contributed by atoms with Gasteiger partial charge in [-0.2, -0.15) is 0 Å². The second kappa shape index (κ2) is 7.82. The van der Waals surface area contributed by atoms with Crippen LogP contribution in [0.15, 0.2) is 24.3 Å². The largest absolute Gasteiger partial charge is 0.465 e. The standard InChI is InChI=1S/C16H22N2O4S.ClH/c1-22-16(19)13-4-2-3-12(9-13)11-23(20,21)18-8-7-14-5-6-15(10-18)17-14;/h2-4,9,14-15,17H,5-8,10-11H2,1H3;1H. The Bertz CT molecular complexity index is 695. The molecule has 1 N–H and O–H groups in total. The van der Waals surface area contributed by atoms with Crippen molar-refractivity contribution in [3.8, 4) is 0 Å². The molecule has 134 valence electrons. The van der Waals surface area contributed by atoms with Crippen molar-refractivity contribution in [3.63, 3.8) is 0 Å². The molecule has 2 fully saturated rings. The Hall–Kier alpha value is -1.15. The third-order valence-corrected chi connectivity index (χ3v) is 6.39. The van der Waals surface area contributed by atoms with Crippen LogP contribution < -0.4 is 5.32 Å². The maximum Gasteiger partial charge on any atom is 0.337 e. The quantitative estimate of drug-likeness (QED) is 0.809. The van der Waals surface area contributed by atoms with E-state index in [-0.39, 0.29) is 24.2 Å². The molecule has 1 aromatic rings. The summed E-state index contributed by atoms with van der Waals surface area (Å²) in [6.45, 7) is 1.10. The van der Waals surface area contributed by atoms with Crippen LogP contribution in [-0.2, 0) is 20.5 Å². The summed E-state index contributed by atoms with van der Waals surface area (Å²) in [5, 5.41) is 3.48. The van der Waals surface area contributed by atoms with E-state index in [1.165, 1.54) is 7.11 Å². The molecule has 2 heterocycles. The van der Waals surface area contributed by atoms with Crippen LogP contribution in [0.1, 0.15) is 35.2 Å². The summed E-state index contributed by atoms with van der Waals surface area (Å²) >= 11 is 0. The second-order valence-corrected chi connectivity index (χ2v) is 8.20. The summed E-state index contributed by atoms with van der Waals surface area (Å²) in [7, 11) is -2.08. The number of carbonyl (C=O) groups excluding carboxylic acids is 1. The minimum absolute atomic E-state index is 0. The lowest BCUT2D eigenvalue weighted by Crippen LogP contribution is -2.39. The van der Waals surface area contributed by atoms with Crippen LogP contribution in [-0.4, -0.2) is 51.0 Å². The van der Waals surface area contributed by atoms with E-state index < -0.39 is 16.0 Å². The summed E-state index contributed by atoms with van der Waals surface area (Å²) in [6.07, 6.45) is 3.03. The molecule has 0 radical (unpaired) electrons. The fourth-order valence-electron chi connectivity index (χ4n) is 3.37. The van der Waals surface area contributed by atoms with Crippen molar-refractivity contribution in [3.05, 3.63) is 35.4 Å². The summed E-state index contributed by atoms with van der Waals surface area (Å²) in [4.78, 5) is 11.6. The molecule has 2 saturated heterocycles. The van der Waals surface area contributed by atoms with Gasteiger partial charge in [-0.15, -0.1) is 12.4 Å². The fourth-order valence-corrected chi connectivity index (χ4v) is 4.95. The van der Waals surface area contributed by atoms with Gasteiger partial charge in [0.1, 0.15) is 0 Å². The topological polar surface area (TPSA) is 75.7 Å². The van der Waals surface area contributed by atoms with Crippen LogP contribution in [0.3, 0.4) is 0 Å². The van der Waals surface area contributed by atoms with Gasteiger partial charge in [-0.25, -0.2) is 17.5 Å². The Kier molecular flexibility index (Phi) is 6.25. The predicted molar refractivity (Wildman–Crippen MR) is 93.8 cm³/mol. The van der Waals surface area contributed by atoms with Crippen molar-refractivity contribution in [1.29, 1.82) is 0 Å². The molecule has 0 saturated carbocycles. The van der Waals surface area contributed by atoms with Crippen LogP contribution >= 0.6 is 12.4 Å². The van der Waals surface area contributed by atoms with Crippen molar-refractivity contribution in [2.24, 2.45) is 0 Å². The molecule has 6 nitrogen and oxygen atoms in total. The number of hydrogen-bond donors (Lipinski definition) is 1. The van der Waals surface area contributed by atoms with Gasteiger partial charge >= 0.3 is 5.97 Å². The zero-order valence-electron chi connectivity index (χ0n) is 13.6. The van der Waals surface area contributed by atoms with Crippen molar-refractivity contribution >= 4 is 28.4 Å². The number of sulfonamides is 1. The first-order valence-electron chi connectivity index (χ1n) is 7.89. The van der Waals surface area contributed by atoms with E-state index >= 15 is 0 Å². The highest BCUT2D eigenvalue weighted by molar-refractivity contribution is 7.88. The number of ether oxygens (including phenoxy) is 1. The average Bonchev–Trinajstić information content (AvgIpc) is 2.84. The number of esters is 1. The van der Waals surface area contributed by atoms with Gasteiger partial charge in [0, 0.05) is 25.2 Å². The number of fused-ring (bicyclic) bond motifs is 2. The van der Waals surface area contributed by atoms with Crippen LogP contribution in [0, 0.1) is 0 Å². The monoisotopic (exact) mass is 374 g/mol. The molecule has 2 unspecified atom stereocenters. The normalized spacial score (nSPS) is 24.0. The van der Waals surface area contributed by atoms with Gasteiger partial charge in [-0.05, 0) is 37.0 Å². The summed E-state index contributed by atoms with van der Waals surface area (Å²) in [6, 6.07) is 7.33. The minimum atomic E-state index is -3.39. The average molecular weight is 375 g/mol. The first-order valence-corrected chi connectivity index (χ1v) is 9.50. The van der Waals surface area contributed by atoms with Crippen LogP contribution in [0.25, 0.3) is 0 Å². The third-order valence-electron chi connectivity index (χ3n) is 4.58. The van der Waals surface area contributed by atoms with E-state index in [2.05, 4.69) is 10.1 Å². The number of methoxy groups -OCH3 is 1. The van der Waals surface area contributed by atoms with Gasteiger partial charge in [0.25, 0.3) is 0 Å². The number of benzene rings is 1. The smallest absolute Gasteiger partial charge is 0.337 e. The van der Waals surface area contributed by atoms with Crippen molar-refractivity contribution < 1.29 is 17.9 Å². The number of halogens is 1. The van der Waals surface area contributed by atoms with Crippen LogP contribution in [0.2, 0.25) is 0 Å². The second-order valence-electron chi connectivity index (χ2n) is 6.23. The van der Waals surface area contributed by atoms with E-state index in [1.54, 1.807) is 28.6 Å². The Labute approximate surface area is 149 Å². The lowest BCUT2D eigenvalue weighted by atomic mass is 10.1. The van der Waals surface area contributed by atoms with E-state index in [0.717, 1.165) is 19.3 Å². The molecule has 3 rings (SSSR count). The zero-order valence-corrected chi connectivity index (χ0v) is 15.2. The van der Waals surface area contributed by atoms with Gasteiger partial charge in [0.2, 0.25) is 10.0 Å². The molecule has 2 aliphatic rings. The molecule has 0 aromatic heterocycles. The van der Waals surface area contributed by atoms with Gasteiger partial charge in [-0.1, -0.05) is 12.1 Å². The molecule has 1 aromatic carbocycles. The number of nitrogens with one attached hydrogen (secondary N) is 1. The molecule has 0 spiro atoms. The number of nitrogens with zero attached hydrogens (tertiary/aromatic N) is 1. The number of rotatable bonds is 4. The van der Waals surface area contributed by atoms with Gasteiger partial charge in [0.05, 0.1) is 18.4 Å². The summed E-state index contributed by atoms with van der Waals surface area (Å²) in [5.74, 6) is -0.546. The van der Waals surface area contributed by atoms with Crippen molar-refractivity contribution in [2.45, 2.75) is 37.1 Å². The fraction of sp³-hybridized carbons (Fsp3) is 0.562. The number of carbonyl (C=O) groups is 1. The first-order chi connectivity index (χ1) is 11.0. The van der Waals surface area contributed by atoms with Crippen LogP contribution in [0.5, 0.6) is 0 Å². The Balaban J connectivity index is 0.00000208. The van der Waals surface area contributed by atoms with E-state index in [4.69, 9.17) is 0 Å². The van der Waals surface area contributed by atoms with Crippen molar-refractivity contribution in [1.82, 2.24) is 9.62 Å². The minimum Gasteiger partial charge on any atom is -0.465 e. The van der Waals surface area contributed by atoms with Crippen LogP contribution in [0.4, 0.5) is 0 Å². The van der Waals surface area contributed by atoms with Crippen molar-refractivity contribution in [2.75, 3.05) is 20.2 Å². The van der Waals surface area contributed by atoms with E-state index in [0.29, 0.717) is 30.3 Å².